The van der Waals surface area contributed by atoms with Gasteiger partial charge in [-0.05, 0) is 141 Å². The molecule has 0 bridgehead atoms. The summed E-state index contributed by atoms with van der Waals surface area (Å²) in [5, 5.41) is 20.6. The van der Waals surface area contributed by atoms with Gasteiger partial charge in [-0.25, -0.2) is 9.13 Å². The van der Waals surface area contributed by atoms with Gasteiger partial charge in [0, 0.05) is 19.3 Å². The number of aliphatic hydroxyl groups is 2. The lowest BCUT2D eigenvalue weighted by atomic mass is 10.1. The van der Waals surface area contributed by atoms with Gasteiger partial charge in [0.25, 0.3) is 0 Å². The van der Waals surface area contributed by atoms with Gasteiger partial charge in [-0.15, -0.1) is 0 Å². The van der Waals surface area contributed by atoms with E-state index in [1.54, 1.807) is 0 Å². The number of hydrogen-bond donors (Lipinski definition) is 4. The van der Waals surface area contributed by atoms with Crippen molar-refractivity contribution >= 4 is 33.6 Å². The fraction of sp³-hybridized carbons (Fsp3) is 0.658. The molecule has 0 aliphatic carbocycles. The van der Waals surface area contributed by atoms with Gasteiger partial charge in [0.1, 0.15) is 25.4 Å². The highest BCUT2D eigenvalue weighted by molar-refractivity contribution is 7.47. The van der Waals surface area contributed by atoms with Crippen LogP contribution >= 0.6 is 15.6 Å². The summed E-state index contributed by atoms with van der Waals surface area (Å²) in [4.78, 5) is 58.5. The second kappa shape index (κ2) is 71.3. The zero-order valence-electron chi connectivity index (χ0n) is 60.2. The summed E-state index contributed by atoms with van der Waals surface area (Å²) in [6.07, 6.45) is 86.0. The number of carbonyl (C=O) groups excluding carboxylic acids is 3. The van der Waals surface area contributed by atoms with Gasteiger partial charge in [-0.3, -0.25) is 32.5 Å². The van der Waals surface area contributed by atoms with Crippen molar-refractivity contribution in [3.63, 3.8) is 0 Å². The Hall–Kier alpha value is -4.57. The number of rotatable bonds is 69. The van der Waals surface area contributed by atoms with Crippen LogP contribution in [0.15, 0.2) is 146 Å². The summed E-state index contributed by atoms with van der Waals surface area (Å²) in [6.45, 7) is 2.38. The predicted molar refractivity (Wildman–Crippen MR) is 399 cm³/mol. The van der Waals surface area contributed by atoms with Gasteiger partial charge < -0.3 is 34.2 Å². The Morgan fingerprint density at radius 1 is 0.299 bits per heavy atom. The molecule has 18 heteroatoms. The summed E-state index contributed by atoms with van der Waals surface area (Å²) < 4.78 is 61.0. The van der Waals surface area contributed by atoms with Gasteiger partial charge in [-0.2, -0.15) is 0 Å². The van der Waals surface area contributed by atoms with Crippen molar-refractivity contribution in [3.05, 3.63) is 146 Å². The molecule has 0 aliphatic heterocycles. The first kappa shape index (κ1) is 92.4. The van der Waals surface area contributed by atoms with E-state index >= 15 is 0 Å². The SMILES string of the molecule is CC/C=C\C/C=C\C/C=C\C/C=C\C/C=C\C/C=C\CCCCCCCCC(=O)OCC(O)COP(=O)(O)OCC(O)COP(=O)(O)OCC(COC(=O)CCCCCCC/C=C\C/C=C\C/C=C\C/C=C\C/C=C\CC)OC(=O)CCCCCCC/C=C\CCCCCCCC. The topological polar surface area (TPSA) is 231 Å². The highest BCUT2D eigenvalue weighted by Crippen LogP contribution is 2.45. The minimum absolute atomic E-state index is 0.0861. The van der Waals surface area contributed by atoms with Gasteiger partial charge in [0.2, 0.25) is 0 Å². The Morgan fingerprint density at radius 2 is 0.546 bits per heavy atom. The summed E-state index contributed by atoms with van der Waals surface area (Å²) in [5.41, 5.74) is 0. The maximum atomic E-state index is 13.0. The van der Waals surface area contributed by atoms with E-state index in [9.17, 15) is 43.5 Å². The Balaban J connectivity index is 4.66. The number of esters is 3. The predicted octanol–water partition coefficient (Wildman–Crippen LogP) is 21.3. The van der Waals surface area contributed by atoms with E-state index in [0.717, 1.165) is 180 Å². The Bertz CT molecular complexity index is 2350. The quantitative estimate of drug-likeness (QED) is 0.0146. The molecule has 0 aromatic rings. The van der Waals surface area contributed by atoms with Crippen molar-refractivity contribution in [3.8, 4) is 0 Å². The average Bonchev–Trinajstić information content (AvgIpc) is 1.82. The van der Waals surface area contributed by atoms with Crippen LogP contribution < -0.4 is 0 Å². The Labute approximate surface area is 587 Å². The van der Waals surface area contributed by atoms with Crippen LogP contribution in [0.25, 0.3) is 0 Å². The van der Waals surface area contributed by atoms with Gasteiger partial charge in [0.05, 0.1) is 26.4 Å². The van der Waals surface area contributed by atoms with Crippen LogP contribution in [0.5, 0.6) is 0 Å². The number of unbranched alkanes of at least 4 members (excludes halogenated alkanes) is 22. The first-order valence-electron chi connectivity index (χ1n) is 37.1. The maximum absolute atomic E-state index is 13.0. The molecule has 0 radical (unpaired) electrons. The fourth-order valence-electron chi connectivity index (χ4n) is 9.42. The first-order valence-corrected chi connectivity index (χ1v) is 40.1. The number of phosphoric acid groups is 2. The average molecular weight is 1400 g/mol. The molecule has 5 atom stereocenters. The molecular formula is C79H132O16P2. The van der Waals surface area contributed by atoms with Crippen molar-refractivity contribution in [2.75, 3.05) is 39.6 Å². The zero-order chi connectivity index (χ0) is 70.9. The van der Waals surface area contributed by atoms with Gasteiger partial charge in [0.15, 0.2) is 6.10 Å². The van der Waals surface area contributed by atoms with Crippen molar-refractivity contribution in [1.29, 1.82) is 0 Å². The molecule has 97 heavy (non-hydrogen) atoms. The van der Waals surface area contributed by atoms with Crippen LogP contribution in [0.3, 0.4) is 0 Å². The van der Waals surface area contributed by atoms with Gasteiger partial charge >= 0.3 is 33.6 Å². The fourth-order valence-corrected chi connectivity index (χ4v) is 11.0. The number of phosphoric ester groups is 2. The number of allylic oxidation sites excluding steroid dienone is 24. The summed E-state index contributed by atoms with van der Waals surface area (Å²) in [5.74, 6) is -1.62. The van der Waals surface area contributed by atoms with Crippen molar-refractivity contribution in [1.82, 2.24) is 0 Å². The molecule has 0 aliphatic rings. The molecule has 0 fully saturated rings. The molecule has 4 N–H and O–H groups in total. The lowest BCUT2D eigenvalue weighted by molar-refractivity contribution is -0.161. The molecule has 554 valence electrons. The van der Waals surface area contributed by atoms with Crippen LogP contribution in [0.1, 0.15) is 278 Å². The Morgan fingerprint density at radius 3 is 0.876 bits per heavy atom. The van der Waals surface area contributed by atoms with E-state index < -0.39 is 91.5 Å². The van der Waals surface area contributed by atoms with Crippen molar-refractivity contribution in [2.45, 2.75) is 296 Å². The van der Waals surface area contributed by atoms with E-state index in [1.807, 2.05) is 0 Å². The molecule has 0 aromatic carbocycles. The molecule has 5 unspecified atom stereocenters. The number of aliphatic hydroxyl groups excluding tert-OH is 2. The molecular weight excluding hydrogens is 1270 g/mol. The molecule has 0 saturated heterocycles. The minimum atomic E-state index is -4.94. The van der Waals surface area contributed by atoms with Crippen molar-refractivity contribution in [2.24, 2.45) is 0 Å². The zero-order valence-corrected chi connectivity index (χ0v) is 62.0. The molecule has 16 nitrogen and oxygen atoms in total. The minimum Gasteiger partial charge on any atom is -0.463 e. The van der Waals surface area contributed by atoms with Crippen LogP contribution in [0.2, 0.25) is 0 Å². The number of hydrogen-bond acceptors (Lipinski definition) is 14. The molecule has 0 aromatic heterocycles. The second-order valence-corrected chi connectivity index (χ2v) is 27.2. The smallest absolute Gasteiger partial charge is 0.463 e. The molecule has 0 amide bonds. The van der Waals surface area contributed by atoms with E-state index in [4.69, 9.17) is 32.3 Å². The third kappa shape index (κ3) is 72.5. The Kier molecular flexibility index (Phi) is 67.9. The lowest BCUT2D eigenvalue weighted by Crippen LogP contribution is -2.30. The maximum Gasteiger partial charge on any atom is 0.472 e. The summed E-state index contributed by atoms with van der Waals surface area (Å²) >= 11 is 0. The molecule has 0 rings (SSSR count). The normalized spacial score (nSPS) is 14.9. The number of carbonyl (C=O) groups is 3. The highest BCUT2D eigenvalue weighted by Gasteiger charge is 2.29. The third-order valence-corrected chi connectivity index (χ3v) is 16.9. The lowest BCUT2D eigenvalue weighted by Gasteiger charge is -2.21. The monoisotopic (exact) mass is 1400 g/mol. The summed E-state index contributed by atoms with van der Waals surface area (Å²) in [7, 11) is -9.80. The molecule has 0 spiro atoms. The first-order chi connectivity index (χ1) is 47.2. The van der Waals surface area contributed by atoms with E-state index in [-0.39, 0.29) is 19.3 Å². The van der Waals surface area contributed by atoms with Crippen LogP contribution in [0, 0.1) is 0 Å². The van der Waals surface area contributed by atoms with E-state index in [0.29, 0.717) is 19.3 Å². The molecule has 0 heterocycles. The second-order valence-electron chi connectivity index (χ2n) is 24.3. The largest absolute Gasteiger partial charge is 0.472 e. The number of ether oxygens (including phenoxy) is 3. The van der Waals surface area contributed by atoms with Gasteiger partial charge in [-0.1, -0.05) is 263 Å². The van der Waals surface area contributed by atoms with Crippen molar-refractivity contribution < 1.29 is 75.8 Å². The van der Waals surface area contributed by atoms with E-state index in [1.165, 1.54) is 38.5 Å². The third-order valence-electron chi connectivity index (χ3n) is 15.0. The highest BCUT2D eigenvalue weighted by atomic mass is 31.2. The molecule has 0 saturated carbocycles. The van der Waals surface area contributed by atoms with Crippen LogP contribution in [-0.4, -0.2) is 95.9 Å². The van der Waals surface area contributed by atoms with E-state index in [2.05, 4.69) is 167 Å². The summed E-state index contributed by atoms with van der Waals surface area (Å²) in [6, 6.07) is 0. The standard InChI is InChI=1S/C79H132O16P2/c1-4-7-10-13-16-19-22-25-28-30-32-34-35-36-37-39-41-42-45-47-50-53-56-59-62-65-77(82)89-68-74(80)69-91-96(85,86)92-70-75(81)71-93-97(87,88)94-73-76(95-79(84)67-64-61-58-55-52-49-44-27-24-21-18-15-12-9-6-3)72-90-78(83)66-63-60-57-54-51-48-46-43-40-38-33-31-29-26-23-20-17-14-11-8-5-2/h7-8,10-11,16-17,19-20,25-29,32-34,36-38,41-44,46,74-76,80-81H,4-6,9,12-15,18,21-24,30-31,35,39-40,45,47-73H2,1-3H3,(H,85,86)(H,87,88)/b10-7-,11-8-,19-16-,20-17-,28-25-,29-26-,34-32-,37-36-,38-33-,42-41-,44-27-,46-43-. The van der Waals surface area contributed by atoms with Crippen LogP contribution in [-0.2, 0) is 55.8 Å². The van der Waals surface area contributed by atoms with Crippen LogP contribution in [0.4, 0.5) is 0 Å².